The molecule has 138 valence electrons. The van der Waals surface area contributed by atoms with Crippen LogP contribution in [0.1, 0.15) is 27.7 Å². The van der Waals surface area contributed by atoms with Crippen LogP contribution in [-0.2, 0) is 4.79 Å². The van der Waals surface area contributed by atoms with E-state index in [1.165, 1.54) is 0 Å². The van der Waals surface area contributed by atoms with Crippen molar-refractivity contribution in [1.82, 2.24) is 19.6 Å². The average molecular weight is 329 g/mol. The summed E-state index contributed by atoms with van der Waals surface area (Å²) in [5, 5.41) is 0. The standard InChI is InChI=1S/C18H40N4O/c1-16(2)18(23)15-21(7)12-11-19(5)9-10-20(6)13-14-22(8)17(3)4/h16-17H,9-15H2,1-8H3. The molecule has 5 heteroatoms. The van der Waals surface area contributed by atoms with Crippen LogP contribution in [0, 0.1) is 5.92 Å². The summed E-state index contributed by atoms with van der Waals surface area (Å²) in [4.78, 5) is 21.0. The molecule has 0 fully saturated rings. The molecule has 0 aliphatic carbocycles. The Hall–Kier alpha value is -0.490. The van der Waals surface area contributed by atoms with Crippen molar-refractivity contribution in [2.24, 2.45) is 5.92 Å². The highest BCUT2D eigenvalue weighted by Crippen LogP contribution is 1.97. The molecule has 0 heterocycles. The molecule has 0 N–H and O–H groups in total. The molecule has 0 aliphatic heterocycles. The van der Waals surface area contributed by atoms with Crippen molar-refractivity contribution in [3.63, 3.8) is 0 Å². The number of Topliss-reactive ketones (excluding diaryl/α,β-unsaturated/α-hetero) is 1. The molecule has 0 spiro atoms. The molecule has 0 aromatic rings. The van der Waals surface area contributed by atoms with Crippen LogP contribution in [-0.4, -0.2) is 105 Å². The first-order valence-electron chi connectivity index (χ1n) is 8.92. The van der Waals surface area contributed by atoms with Crippen LogP contribution >= 0.6 is 0 Å². The molecule has 0 rings (SSSR count). The van der Waals surface area contributed by atoms with Gasteiger partial charge in [0.05, 0.1) is 6.54 Å². The zero-order valence-corrected chi connectivity index (χ0v) is 16.8. The predicted octanol–water partition coefficient (Wildman–Crippen LogP) is 1.35. The van der Waals surface area contributed by atoms with Gasteiger partial charge >= 0.3 is 0 Å². The van der Waals surface area contributed by atoms with E-state index in [1.54, 1.807) is 0 Å². The van der Waals surface area contributed by atoms with E-state index in [0.29, 0.717) is 18.4 Å². The third-order valence-corrected chi connectivity index (χ3v) is 4.51. The molecule has 0 amide bonds. The van der Waals surface area contributed by atoms with Crippen LogP contribution < -0.4 is 0 Å². The summed E-state index contributed by atoms with van der Waals surface area (Å²) in [7, 11) is 8.56. The van der Waals surface area contributed by atoms with Crippen LogP contribution in [0.3, 0.4) is 0 Å². The second-order valence-corrected chi connectivity index (χ2v) is 7.54. The fourth-order valence-electron chi connectivity index (χ4n) is 2.02. The summed E-state index contributed by atoms with van der Waals surface area (Å²) in [6, 6.07) is 0.607. The monoisotopic (exact) mass is 328 g/mol. The summed E-state index contributed by atoms with van der Waals surface area (Å²) in [5.41, 5.74) is 0. The third kappa shape index (κ3) is 11.7. The lowest BCUT2D eigenvalue weighted by molar-refractivity contribution is -0.122. The first kappa shape index (κ1) is 22.5. The summed E-state index contributed by atoms with van der Waals surface area (Å²) in [6.07, 6.45) is 0. The van der Waals surface area contributed by atoms with Gasteiger partial charge in [-0.3, -0.25) is 9.69 Å². The molecular formula is C18H40N4O. The van der Waals surface area contributed by atoms with Gasteiger partial charge < -0.3 is 14.7 Å². The van der Waals surface area contributed by atoms with Gasteiger partial charge in [0, 0.05) is 51.2 Å². The van der Waals surface area contributed by atoms with Crippen molar-refractivity contribution < 1.29 is 4.79 Å². The maximum atomic E-state index is 11.7. The Morgan fingerprint density at radius 3 is 1.48 bits per heavy atom. The highest BCUT2D eigenvalue weighted by molar-refractivity contribution is 5.82. The Labute approximate surface area is 144 Å². The number of carbonyl (C=O) groups excluding carboxylic acids is 1. The second-order valence-electron chi connectivity index (χ2n) is 7.54. The van der Waals surface area contributed by atoms with Crippen LogP contribution in [0.4, 0.5) is 0 Å². The van der Waals surface area contributed by atoms with Gasteiger partial charge in [-0.1, -0.05) is 13.8 Å². The molecule has 5 nitrogen and oxygen atoms in total. The fourth-order valence-corrected chi connectivity index (χ4v) is 2.02. The molecule has 0 saturated carbocycles. The van der Waals surface area contributed by atoms with Crippen molar-refractivity contribution in [3.8, 4) is 0 Å². The first-order valence-corrected chi connectivity index (χ1v) is 8.92. The predicted molar refractivity (Wildman–Crippen MR) is 100 cm³/mol. The Morgan fingerprint density at radius 2 is 1.09 bits per heavy atom. The van der Waals surface area contributed by atoms with Crippen molar-refractivity contribution >= 4 is 5.78 Å². The van der Waals surface area contributed by atoms with E-state index in [1.807, 2.05) is 20.9 Å². The summed E-state index contributed by atoms with van der Waals surface area (Å²) >= 11 is 0. The minimum atomic E-state index is 0.132. The number of ketones is 1. The van der Waals surface area contributed by atoms with E-state index in [4.69, 9.17) is 0 Å². The molecular weight excluding hydrogens is 288 g/mol. The number of nitrogens with zero attached hydrogens (tertiary/aromatic N) is 4. The number of likely N-dealkylation sites (N-methyl/N-ethyl adjacent to an activating group) is 4. The van der Waals surface area contributed by atoms with Crippen LogP contribution in [0.5, 0.6) is 0 Å². The van der Waals surface area contributed by atoms with E-state index in [9.17, 15) is 4.79 Å². The molecule has 0 aromatic heterocycles. The SMILES string of the molecule is CC(C)C(=O)CN(C)CCN(C)CCN(C)CCN(C)C(C)C. The van der Waals surface area contributed by atoms with Gasteiger partial charge in [0.15, 0.2) is 0 Å². The number of hydrogen-bond acceptors (Lipinski definition) is 5. The van der Waals surface area contributed by atoms with Crippen molar-refractivity contribution in [2.75, 3.05) is 74.0 Å². The third-order valence-electron chi connectivity index (χ3n) is 4.51. The Bertz CT molecular complexity index is 320. The average Bonchev–Trinajstić information content (AvgIpc) is 2.47. The van der Waals surface area contributed by atoms with Crippen molar-refractivity contribution in [2.45, 2.75) is 33.7 Å². The summed E-state index contributed by atoms with van der Waals surface area (Å²) in [6.45, 7) is 15.3. The zero-order chi connectivity index (χ0) is 18.0. The maximum absolute atomic E-state index is 11.7. The molecule has 0 atom stereocenters. The Balaban J connectivity index is 3.81. The van der Waals surface area contributed by atoms with E-state index in [-0.39, 0.29) is 5.92 Å². The minimum absolute atomic E-state index is 0.132. The van der Waals surface area contributed by atoms with Gasteiger partial charge in [-0.15, -0.1) is 0 Å². The smallest absolute Gasteiger partial charge is 0.149 e. The van der Waals surface area contributed by atoms with E-state index in [0.717, 1.165) is 39.3 Å². The van der Waals surface area contributed by atoms with Gasteiger partial charge in [0.25, 0.3) is 0 Å². The molecule has 0 saturated heterocycles. The van der Waals surface area contributed by atoms with E-state index < -0.39 is 0 Å². The number of hydrogen-bond donors (Lipinski definition) is 0. The van der Waals surface area contributed by atoms with Gasteiger partial charge in [0.1, 0.15) is 5.78 Å². The van der Waals surface area contributed by atoms with Crippen LogP contribution in [0.15, 0.2) is 0 Å². The highest BCUT2D eigenvalue weighted by Gasteiger charge is 2.11. The quantitative estimate of drug-likeness (QED) is 0.509. The Kier molecular flexibility index (Phi) is 11.7. The fraction of sp³-hybridized carbons (Fsp3) is 0.944. The molecule has 0 aliphatic rings. The van der Waals surface area contributed by atoms with Crippen LogP contribution in [0.2, 0.25) is 0 Å². The largest absolute Gasteiger partial charge is 0.304 e. The molecule has 0 unspecified atom stereocenters. The number of rotatable bonds is 13. The summed E-state index contributed by atoms with van der Waals surface area (Å²) < 4.78 is 0. The molecule has 23 heavy (non-hydrogen) atoms. The zero-order valence-electron chi connectivity index (χ0n) is 16.8. The van der Waals surface area contributed by atoms with Gasteiger partial charge in [0.2, 0.25) is 0 Å². The van der Waals surface area contributed by atoms with E-state index >= 15 is 0 Å². The second kappa shape index (κ2) is 12.0. The van der Waals surface area contributed by atoms with Crippen molar-refractivity contribution in [3.05, 3.63) is 0 Å². The van der Waals surface area contributed by atoms with Crippen molar-refractivity contribution in [1.29, 1.82) is 0 Å². The lowest BCUT2D eigenvalue weighted by Crippen LogP contribution is -2.39. The lowest BCUT2D eigenvalue weighted by Gasteiger charge is -2.27. The number of carbonyl (C=O) groups is 1. The highest BCUT2D eigenvalue weighted by atomic mass is 16.1. The van der Waals surface area contributed by atoms with Gasteiger partial charge in [-0.2, -0.15) is 0 Å². The van der Waals surface area contributed by atoms with Gasteiger partial charge in [-0.25, -0.2) is 0 Å². The minimum Gasteiger partial charge on any atom is -0.304 e. The summed E-state index contributed by atoms with van der Waals surface area (Å²) in [5.74, 6) is 0.456. The van der Waals surface area contributed by atoms with E-state index in [2.05, 4.69) is 54.6 Å². The molecule has 0 aromatic carbocycles. The van der Waals surface area contributed by atoms with Crippen LogP contribution in [0.25, 0.3) is 0 Å². The lowest BCUT2D eigenvalue weighted by atomic mass is 10.1. The van der Waals surface area contributed by atoms with Gasteiger partial charge in [-0.05, 0) is 42.0 Å². The first-order chi connectivity index (χ1) is 10.6. The topological polar surface area (TPSA) is 30.0 Å². The normalized spacial score (nSPS) is 12.6. The Morgan fingerprint density at radius 1 is 0.696 bits per heavy atom. The maximum Gasteiger partial charge on any atom is 0.149 e. The molecule has 0 bridgehead atoms. The molecule has 0 radical (unpaired) electrons.